The van der Waals surface area contributed by atoms with Gasteiger partial charge in [-0.25, -0.2) is 13.1 Å². The topological polar surface area (TPSA) is 64.6 Å². The summed E-state index contributed by atoms with van der Waals surface area (Å²) < 4.78 is 39.2. The number of sulfonamides is 1. The van der Waals surface area contributed by atoms with E-state index in [2.05, 4.69) is 4.72 Å². The first-order chi connectivity index (χ1) is 11.0. The molecule has 2 fully saturated rings. The molecule has 2 heterocycles. The van der Waals surface area contributed by atoms with E-state index in [-0.39, 0.29) is 17.4 Å². The number of hydrogen-bond acceptors (Lipinski definition) is 4. The normalized spacial score (nSPS) is 24.7. The van der Waals surface area contributed by atoms with Gasteiger partial charge in [-0.2, -0.15) is 0 Å². The van der Waals surface area contributed by atoms with Crippen LogP contribution in [-0.2, 0) is 25.2 Å². The van der Waals surface area contributed by atoms with Crippen molar-refractivity contribution in [3.63, 3.8) is 0 Å². The highest BCUT2D eigenvalue weighted by Crippen LogP contribution is 2.34. The fraction of sp³-hybridized carbons (Fsp3) is 0.647. The summed E-state index contributed by atoms with van der Waals surface area (Å²) in [5.74, 6) is 0.0299. The highest BCUT2D eigenvalue weighted by atomic mass is 32.2. The van der Waals surface area contributed by atoms with Gasteiger partial charge in [-0.1, -0.05) is 29.8 Å². The minimum Gasteiger partial charge on any atom is -0.381 e. The van der Waals surface area contributed by atoms with Gasteiger partial charge in [-0.3, -0.25) is 0 Å². The van der Waals surface area contributed by atoms with E-state index in [9.17, 15) is 8.42 Å². The van der Waals surface area contributed by atoms with Gasteiger partial charge < -0.3 is 9.47 Å². The van der Waals surface area contributed by atoms with Gasteiger partial charge >= 0.3 is 0 Å². The summed E-state index contributed by atoms with van der Waals surface area (Å²) in [5, 5.41) is 0. The lowest BCUT2D eigenvalue weighted by Gasteiger charge is -2.43. The van der Waals surface area contributed by atoms with Gasteiger partial charge in [0.25, 0.3) is 0 Å². The third-order valence-electron chi connectivity index (χ3n) is 4.68. The van der Waals surface area contributed by atoms with Crippen LogP contribution in [0.5, 0.6) is 0 Å². The van der Waals surface area contributed by atoms with Crippen molar-refractivity contribution in [2.24, 2.45) is 0 Å². The maximum atomic E-state index is 12.5. The lowest BCUT2D eigenvalue weighted by Crippen LogP contribution is -2.51. The average molecular weight is 339 g/mol. The minimum atomic E-state index is -3.34. The summed E-state index contributed by atoms with van der Waals surface area (Å²) in [7, 11) is -3.34. The van der Waals surface area contributed by atoms with Crippen LogP contribution in [-0.4, -0.2) is 39.9 Å². The second-order valence-electron chi connectivity index (χ2n) is 6.70. The molecule has 23 heavy (non-hydrogen) atoms. The van der Waals surface area contributed by atoms with E-state index in [1.54, 1.807) is 0 Å². The number of nitrogens with one attached hydrogen (secondary N) is 1. The molecule has 1 atom stereocenters. The van der Waals surface area contributed by atoms with Gasteiger partial charge in [0.1, 0.15) is 0 Å². The van der Waals surface area contributed by atoms with Gasteiger partial charge in [0.15, 0.2) is 0 Å². The van der Waals surface area contributed by atoms with Crippen molar-refractivity contribution in [1.29, 1.82) is 0 Å². The maximum Gasteiger partial charge on any atom is 0.216 e. The quantitative estimate of drug-likeness (QED) is 0.913. The Balaban J connectivity index is 1.63. The van der Waals surface area contributed by atoms with E-state index in [0.717, 1.165) is 36.8 Å². The van der Waals surface area contributed by atoms with E-state index in [0.29, 0.717) is 19.8 Å². The van der Waals surface area contributed by atoms with E-state index >= 15 is 0 Å². The van der Waals surface area contributed by atoms with Crippen LogP contribution in [0.15, 0.2) is 24.3 Å². The van der Waals surface area contributed by atoms with E-state index in [1.165, 1.54) is 0 Å². The SMILES string of the molecule is Cc1cccc(CS(=O)(=O)NC2CCOC3(CCOCC3)C2)c1. The van der Waals surface area contributed by atoms with Crippen LogP contribution in [0, 0.1) is 6.92 Å². The zero-order valence-corrected chi connectivity index (χ0v) is 14.4. The molecule has 6 heteroatoms. The van der Waals surface area contributed by atoms with Crippen molar-refractivity contribution in [3.05, 3.63) is 35.4 Å². The highest BCUT2D eigenvalue weighted by molar-refractivity contribution is 7.88. The van der Waals surface area contributed by atoms with Crippen molar-refractivity contribution < 1.29 is 17.9 Å². The molecule has 1 N–H and O–H groups in total. The monoisotopic (exact) mass is 339 g/mol. The molecular weight excluding hydrogens is 314 g/mol. The number of rotatable bonds is 4. The summed E-state index contributed by atoms with van der Waals surface area (Å²) in [5.41, 5.74) is 1.70. The van der Waals surface area contributed by atoms with Gasteiger partial charge in [0.2, 0.25) is 10.0 Å². The van der Waals surface area contributed by atoms with Gasteiger partial charge in [-0.15, -0.1) is 0 Å². The van der Waals surface area contributed by atoms with Crippen LogP contribution >= 0.6 is 0 Å². The summed E-state index contributed by atoms with van der Waals surface area (Å²) in [6.07, 6.45) is 3.17. The Morgan fingerprint density at radius 2 is 2.04 bits per heavy atom. The molecule has 5 nitrogen and oxygen atoms in total. The molecule has 2 saturated heterocycles. The van der Waals surface area contributed by atoms with Crippen LogP contribution in [0.25, 0.3) is 0 Å². The lowest BCUT2D eigenvalue weighted by atomic mass is 9.84. The summed E-state index contributed by atoms with van der Waals surface area (Å²) in [6, 6.07) is 7.60. The molecular formula is C17H25NO4S. The molecule has 1 unspecified atom stereocenters. The molecule has 3 rings (SSSR count). The fourth-order valence-corrected chi connectivity index (χ4v) is 4.95. The second kappa shape index (κ2) is 6.89. The van der Waals surface area contributed by atoms with E-state index < -0.39 is 10.0 Å². The molecule has 1 spiro atoms. The number of aryl methyl sites for hydroxylation is 1. The zero-order chi connectivity index (χ0) is 16.3. The third-order valence-corrected chi connectivity index (χ3v) is 6.09. The Kier molecular flexibility index (Phi) is 5.06. The smallest absolute Gasteiger partial charge is 0.216 e. The molecule has 2 aliphatic heterocycles. The van der Waals surface area contributed by atoms with Crippen molar-refractivity contribution in [2.45, 2.75) is 50.0 Å². The van der Waals surface area contributed by atoms with Crippen molar-refractivity contribution >= 4 is 10.0 Å². The van der Waals surface area contributed by atoms with Crippen molar-refractivity contribution in [3.8, 4) is 0 Å². The first kappa shape index (κ1) is 16.9. The predicted octanol–water partition coefficient (Wildman–Crippen LogP) is 2.14. The first-order valence-electron chi connectivity index (χ1n) is 8.24. The Bertz CT molecular complexity index is 632. The first-order valence-corrected chi connectivity index (χ1v) is 9.89. The predicted molar refractivity (Wildman–Crippen MR) is 88.7 cm³/mol. The Hall–Kier alpha value is -0.950. The summed E-state index contributed by atoms with van der Waals surface area (Å²) >= 11 is 0. The average Bonchev–Trinajstić information content (AvgIpc) is 2.47. The number of ether oxygens (including phenoxy) is 2. The molecule has 0 radical (unpaired) electrons. The van der Waals surface area contributed by atoms with Gasteiger partial charge in [-0.05, 0) is 38.2 Å². The van der Waals surface area contributed by atoms with Crippen LogP contribution in [0.4, 0.5) is 0 Å². The molecule has 0 aromatic heterocycles. The van der Waals surface area contributed by atoms with Gasteiger partial charge in [0.05, 0.1) is 11.4 Å². The summed E-state index contributed by atoms with van der Waals surface area (Å²) in [4.78, 5) is 0. The highest BCUT2D eigenvalue weighted by Gasteiger charge is 2.40. The van der Waals surface area contributed by atoms with Crippen LogP contribution in [0.2, 0.25) is 0 Å². The third kappa shape index (κ3) is 4.53. The van der Waals surface area contributed by atoms with Crippen molar-refractivity contribution in [1.82, 2.24) is 4.72 Å². The van der Waals surface area contributed by atoms with E-state index in [1.807, 2.05) is 31.2 Å². The van der Waals surface area contributed by atoms with Crippen LogP contribution < -0.4 is 4.72 Å². The van der Waals surface area contributed by atoms with Crippen molar-refractivity contribution in [2.75, 3.05) is 19.8 Å². The Labute approximate surface area is 138 Å². The Morgan fingerprint density at radius 1 is 1.26 bits per heavy atom. The molecule has 0 bridgehead atoms. The molecule has 0 amide bonds. The molecule has 1 aromatic carbocycles. The largest absolute Gasteiger partial charge is 0.381 e. The minimum absolute atomic E-state index is 0.0299. The molecule has 128 valence electrons. The second-order valence-corrected chi connectivity index (χ2v) is 8.45. The van der Waals surface area contributed by atoms with E-state index in [4.69, 9.17) is 9.47 Å². The standard InChI is InChI=1S/C17H25NO4S/c1-14-3-2-4-15(11-14)13-23(19,20)18-16-5-8-22-17(12-16)6-9-21-10-7-17/h2-4,11,16,18H,5-10,12-13H2,1H3. The molecule has 0 saturated carbocycles. The lowest BCUT2D eigenvalue weighted by molar-refractivity contribution is -0.138. The van der Waals surface area contributed by atoms with Crippen LogP contribution in [0.1, 0.15) is 36.8 Å². The molecule has 2 aliphatic rings. The zero-order valence-electron chi connectivity index (χ0n) is 13.6. The number of benzene rings is 1. The van der Waals surface area contributed by atoms with Gasteiger partial charge in [0, 0.05) is 25.9 Å². The molecule has 1 aromatic rings. The van der Waals surface area contributed by atoms with Crippen LogP contribution in [0.3, 0.4) is 0 Å². The summed E-state index contributed by atoms with van der Waals surface area (Å²) in [6.45, 7) is 3.97. The maximum absolute atomic E-state index is 12.5. The molecule has 0 aliphatic carbocycles. The Morgan fingerprint density at radius 3 is 2.78 bits per heavy atom. The fourth-order valence-electron chi connectivity index (χ4n) is 3.54. The number of hydrogen-bond donors (Lipinski definition) is 1.